The highest BCUT2D eigenvalue weighted by atomic mass is 16.6. The smallest absolute Gasteiger partial charge is 0.313 e. The molecule has 2 saturated heterocycles. The molecule has 55 heavy (non-hydrogen) atoms. The fourth-order valence-corrected chi connectivity index (χ4v) is 8.55. The summed E-state index contributed by atoms with van der Waals surface area (Å²) in [4.78, 5) is 61.2. The normalized spacial score (nSPS) is 29.3. The molecular formula is C41H42N6O8. The second-order valence-electron chi connectivity index (χ2n) is 14.2. The minimum atomic E-state index is -1.63. The molecule has 1 spiro atoms. The number of aromatic nitrogens is 3. The summed E-state index contributed by atoms with van der Waals surface area (Å²) in [6.07, 6.45) is 5.48. The van der Waals surface area contributed by atoms with Crippen LogP contribution in [0.1, 0.15) is 36.1 Å². The standard InChI is InChI=1S/C41H42N6O8/c1-53-24-29-36(27-15-6-3-7-16-27)54-40(52)34-32(19-10-11-20-33(49)42-29)55-41-21-12-22-45(25-46-30-18-9-8-17-28(30)43-44-46)39(51)37(41)47(38(50)35(34)41)31(23-48)26-13-4-2-5-14-26/h2-10,12-19,21,29,31-32,34-37,48H,11,20,22-25H2,1H3,(H,42,49)/b19-10-/t29-,31+,32-,34+,35+,36-,37-,41+/m0/s1. The number of amides is 3. The van der Waals surface area contributed by atoms with Crippen LogP contribution in [0.5, 0.6) is 0 Å². The number of fused-ring (bicyclic) bond motifs is 3. The lowest BCUT2D eigenvalue weighted by Gasteiger charge is -2.38. The number of cyclic esters (lactones) is 1. The Hall–Kier alpha value is -5.70. The first-order valence-corrected chi connectivity index (χ1v) is 18.5. The number of esters is 1. The van der Waals surface area contributed by atoms with Crippen LogP contribution in [0.3, 0.4) is 0 Å². The van der Waals surface area contributed by atoms with Crippen molar-refractivity contribution < 1.29 is 38.5 Å². The molecule has 2 N–H and O–H groups in total. The molecular weight excluding hydrogens is 704 g/mol. The number of ether oxygens (including phenoxy) is 3. The highest BCUT2D eigenvalue weighted by Crippen LogP contribution is 2.55. The first-order valence-electron chi connectivity index (χ1n) is 18.5. The minimum absolute atomic E-state index is 0.0214. The molecule has 0 aliphatic carbocycles. The van der Waals surface area contributed by atoms with Crippen LogP contribution in [-0.2, 0) is 40.1 Å². The molecule has 5 heterocycles. The fraction of sp³-hybridized carbons (Fsp3) is 0.366. The number of allylic oxidation sites excluding steroid dienone is 1. The van der Waals surface area contributed by atoms with Crippen LogP contribution in [0, 0.1) is 11.8 Å². The van der Waals surface area contributed by atoms with Gasteiger partial charge in [0.05, 0.1) is 42.8 Å². The summed E-state index contributed by atoms with van der Waals surface area (Å²) in [7, 11) is 1.50. The molecule has 3 amide bonds. The number of para-hydroxylation sites is 1. The number of nitrogens with zero attached hydrogens (tertiary/aromatic N) is 5. The van der Waals surface area contributed by atoms with Crippen LogP contribution < -0.4 is 5.32 Å². The van der Waals surface area contributed by atoms with Gasteiger partial charge in [-0.25, -0.2) is 4.68 Å². The SMILES string of the molecule is COC[C@@H]1NC(=O)CC/C=C\[C@@H]2O[C@@]34C=CCN(Cn5nnc6ccccc65)C(=O)[C@@H]3N([C@H](CO)c3ccccc3)C(=O)[C@H]4[C@@H]2C(=O)O[C@H]1c1ccccc1. The van der Waals surface area contributed by atoms with Gasteiger partial charge in [0.15, 0.2) is 0 Å². The number of nitrogens with one attached hydrogen (secondary N) is 1. The van der Waals surface area contributed by atoms with E-state index < -0.39 is 72.2 Å². The van der Waals surface area contributed by atoms with E-state index >= 15 is 9.59 Å². The maximum atomic E-state index is 15.2. The maximum absolute atomic E-state index is 15.2. The molecule has 0 saturated carbocycles. The minimum Gasteiger partial charge on any atom is -0.455 e. The van der Waals surface area contributed by atoms with Crippen LogP contribution >= 0.6 is 0 Å². The van der Waals surface area contributed by atoms with Crippen molar-refractivity contribution >= 4 is 34.7 Å². The Bertz CT molecular complexity index is 2120. The largest absolute Gasteiger partial charge is 0.455 e. The Morgan fingerprint density at radius 2 is 1.71 bits per heavy atom. The van der Waals surface area contributed by atoms with Gasteiger partial charge in [-0.05, 0) is 29.7 Å². The number of carbonyl (C=O) groups is 4. The van der Waals surface area contributed by atoms with Gasteiger partial charge in [-0.15, -0.1) is 5.10 Å². The second kappa shape index (κ2) is 15.2. The zero-order valence-electron chi connectivity index (χ0n) is 30.2. The van der Waals surface area contributed by atoms with Crippen molar-refractivity contribution in [3.63, 3.8) is 0 Å². The van der Waals surface area contributed by atoms with Gasteiger partial charge in [-0.3, -0.25) is 19.2 Å². The van der Waals surface area contributed by atoms with E-state index in [1.807, 2.05) is 48.5 Å². The van der Waals surface area contributed by atoms with Crippen LogP contribution in [0.25, 0.3) is 11.0 Å². The molecule has 4 aliphatic rings. The summed E-state index contributed by atoms with van der Waals surface area (Å²) in [6.45, 7) is -0.276. The highest BCUT2D eigenvalue weighted by molar-refractivity contribution is 5.99. The number of hydrogen-bond donors (Lipinski definition) is 2. The zero-order chi connectivity index (χ0) is 38.1. The van der Waals surface area contributed by atoms with E-state index in [4.69, 9.17) is 14.2 Å². The average molecular weight is 747 g/mol. The molecule has 2 fully saturated rings. The van der Waals surface area contributed by atoms with Crippen molar-refractivity contribution in [2.75, 3.05) is 26.9 Å². The van der Waals surface area contributed by atoms with Crippen LogP contribution in [-0.4, -0.2) is 104 Å². The fourth-order valence-electron chi connectivity index (χ4n) is 8.55. The lowest BCUT2D eigenvalue weighted by Crippen LogP contribution is -2.56. The van der Waals surface area contributed by atoms with Crippen molar-refractivity contribution in [2.24, 2.45) is 11.8 Å². The Kier molecular flexibility index (Phi) is 10.0. The number of aliphatic hydroxyl groups excluding tert-OH is 1. The van der Waals surface area contributed by atoms with E-state index in [1.54, 1.807) is 70.3 Å². The van der Waals surface area contributed by atoms with Gasteiger partial charge in [0, 0.05) is 20.1 Å². The summed E-state index contributed by atoms with van der Waals surface area (Å²) in [5.74, 6) is -4.35. The molecule has 0 unspecified atom stereocenters. The predicted molar refractivity (Wildman–Crippen MR) is 197 cm³/mol. The molecule has 0 bridgehead atoms. The zero-order valence-corrected chi connectivity index (χ0v) is 30.2. The van der Waals surface area contributed by atoms with E-state index in [9.17, 15) is 14.7 Å². The topological polar surface area (TPSA) is 165 Å². The number of carbonyl (C=O) groups excluding carboxylic acids is 4. The lowest BCUT2D eigenvalue weighted by molar-refractivity contribution is -0.163. The van der Waals surface area contributed by atoms with Crippen molar-refractivity contribution in [2.45, 2.75) is 55.4 Å². The molecule has 14 heteroatoms. The highest BCUT2D eigenvalue weighted by Gasteiger charge is 2.72. The van der Waals surface area contributed by atoms with Gasteiger partial charge in [0.1, 0.15) is 35.9 Å². The average Bonchev–Trinajstić information content (AvgIpc) is 3.80. The molecule has 8 rings (SSSR count). The predicted octanol–water partition coefficient (Wildman–Crippen LogP) is 2.87. The van der Waals surface area contributed by atoms with Crippen molar-refractivity contribution in [1.29, 1.82) is 0 Å². The van der Waals surface area contributed by atoms with Gasteiger partial charge in [-0.1, -0.05) is 102 Å². The molecule has 284 valence electrons. The summed E-state index contributed by atoms with van der Waals surface area (Å²) in [6, 6.07) is 22.5. The van der Waals surface area contributed by atoms with Crippen molar-refractivity contribution in [3.05, 3.63) is 120 Å². The number of likely N-dealkylation sites (tertiary alicyclic amines) is 1. The quantitative estimate of drug-likeness (QED) is 0.202. The molecule has 0 radical (unpaired) electrons. The van der Waals surface area contributed by atoms with Crippen LogP contribution in [0.2, 0.25) is 0 Å². The van der Waals surface area contributed by atoms with Gasteiger partial charge < -0.3 is 34.4 Å². The molecule has 14 nitrogen and oxygen atoms in total. The Balaban J connectivity index is 1.24. The molecule has 4 aromatic rings. The van der Waals surface area contributed by atoms with Gasteiger partial charge in [-0.2, -0.15) is 0 Å². The van der Waals surface area contributed by atoms with Crippen molar-refractivity contribution in [1.82, 2.24) is 30.1 Å². The molecule has 3 aromatic carbocycles. The van der Waals surface area contributed by atoms with E-state index in [2.05, 4.69) is 15.6 Å². The summed E-state index contributed by atoms with van der Waals surface area (Å²) >= 11 is 0. The van der Waals surface area contributed by atoms with Crippen molar-refractivity contribution in [3.8, 4) is 0 Å². The Morgan fingerprint density at radius 3 is 2.47 bits per heavy atom. The third-order valence-corrected chi connectivity index (χ3v) is 11.0. The second-order valence-corrected chi connectivity index (χ2v) is 14.2. The van der Waals surface area contributed by atoms with E-state index in [0.29, 0.717) is 23.1 Å². The third kappa shape index (κ3) is 6.49. The monoisotopic (exact) mass is 746 g/mol. The van der Waals surface area contributed by atoms with Gasteiger partial charge in [0.2, 0.25) is 11.8 Å². The molecule has 1 aromatic heterocycles. The van der Waals surface area contributed by atoms with Gasteiger partial charge in [0.25, 0.3) is 5.91 Å². The van der Waals surface area contributed by atoms with Crippen LogP contribution in [0.4, 0.5) is 0 Å². The van der Waals surface area contributed by atoms with E-state index in [0.717, 1.165) is 5.52 Å². The third-order valence-electron chi connectivity index (χ3n) is 11.0. The maximum Gasteiger partial charge on any atom is 0.313 e. The van der Waals surface area contributed by atoms with E-state index in [1.165, 1.54) is 12.0 Å². The first-order chi connectivity index (χ1) is 26.8. The Morgan fingerprint density at radius 1 is 0.964 bits per heavy atom. The number of rotatable bonds is 8. The molecule has 4 aliphatic heterocycles. The Labute approximate surface area is 317 Å². The summed E-state index contributed by atoms with van der Waals surface area (Å²) in [5, 5.41) is 22.5. The van der Waals surface area contributed by atoms with E-state index in [-0.39, 0.29) is 32.1 Å². The first kappa shape index (κ1) is 36.3. The van der Waals surface area contributed by atoms with Gasteiger partial charge >= 0.3 is 5.97 Å². The number of hydrogen-bond acceptors (Lipinski definition) is 10. The molecule has 8 atom stereocenters. The number of benzene rings is 3. The number of aliphatic hydroxyl groups is 1. The summed E-state index contributed by atoms with van der Waals surface area (Å²) < 4.78 is 20.4. The lowest BCUT2D eigenvalue weighted by atomic mass is 9.77. The van der Waals surface area contributed by atoms with Crippen LogP contribution in [0.15, 0.2) is 109 Å². The number of methoxy groups -OCH3 is 1. The summed E-state index contributed by atoms with van der Waals surface area (Å²) in [5.41, 5.74) is 0.998.